The third-order valence-electron chi connectivity index (χ3n) is 14.9. The van der Waals surface area contributed by atoms with E-state index in [-0.39, 0.29) is 10.8 Å². The quantitative estimate of drug-likeness (QED) is 0.173. The monoisotopic (exact) mass is 701 g/mol. The van der Waals surface area contributed by atoms with Crippen LogP contribution in [0.4, 0.5) is 17.1 Å². The highest BCUT2D eigenvalue weighted by molar-refractivity contribution is 5.89. The van der Waals surface area contributed by atoms with Gasteiger partial charge in [0.2, 0.25) is 0 Å². The zero-order valence-corrected chi connectivity index (χ0v) is 32.5. The molecule has 4 bridgehead atoms. The van der Waals surface area contributed by atoms with Crippen LogP contribution in [0, 0.1) is 24.7 Å². The Morgan fingerprint density at radius 1 is 0.463 bits per heavy atom. The largest absolute Gasteiger partial charge is 0.310 e. The second-order valence-corrected chi connectivity index (χ2v) is 18.9. The fourth-order valence-electron chi connectivity index (χ4n) is 12.6. The molecule has 0 spiro atoms. The van der Waals surface area contributed by atoms with Gasteiger partial charge in [0.05, 0.1) is 0 Å². The summed E-state index contributed by atoms with van der Waals surface area (Å²) in [5, 5.41) is 0. The predicted octanol–water partition coefficient (Wildman–Crippen LogP) is 14.2. The van der Waals surface area contributed by atoms with Crippen molar-refractivity contribution in [2.24, 2.45) is 17.8 Å². The fraction of sp³-hybridized carbons (Fsp3) is 0.321. The molecule has 4 saturated carbocycles. The summed E-state index contributed by atoms with van der Waals surface area (Å²) >= 11 is 0. The van der Waals surface area contributed by atoms with E-state index in [0.29, 0.717) is 5.41 Å². The molecule has 0 radical (unpaired) electrons. The molecule has 0 N–H and O–H groups in total. The SMILES string of the molecule is Cc1cc(-c2ccccc2)ccc1N(c1ccc2c(c1)C(C)(C)c1ccccc1-2)c1ccc2c(c1)C(C)(C)c1cc(C34CC5CC(CC(C5)C3)C4)ccc1-2. The van der Waals surface area contributed by atoms with Gasteiger partial charge in [-0.15, -0.1) is 0 Å². The number of rotatable bonds is 5. The summed E-state index contributed by atoms with van der Waals surface area (Å²) in [6, 6.07) is 49.0. The van der Waals surface area contributed by atoms with Gasteiger partial charge in [-0.05, 0) is 172 Å². The Balaban J connectivity index is 1.04. The Labute approximate surface area is 322 Å². The third kappa shape index (κ3) is 4.63. The van der Waals surface area contributed by atoms with E-state index in [1.165, 1.54) is 117 Å². The van der Waals surface area contributed by atoms with Gasteiger partial charge in [0.15, 0.2) is 0 Å². The highest BCUT2D eigenvalue weighted by Gasteiger charge is 2.52. The van der Waals surface area contributed by atoms with Gasteiger partial charge in [-0.25, -0.2) is 0 Å². The van der Waals surface area contributed by atoms with Gasteiger partial charge in [0.25, 0.3) is 0 Å². The molecule has 0 aromatic heterocycles. The van der Waals surface area contributed by atoms with E-state index < -0.39 is 0 Å². The van der Waals surface area contributed by atoms with Gasteiger partial charge in [-0.1, -0.05) is 119 Å². The van der Waals surface area contributed by atoms with Gasteiger partial charge in [0, 0.05) is 27.9 Å². The van der Waals surface area contributed by atoms with Crippen LogP contribution >= 0.6 is 0 Å². The number of nitrogens with zero attached hydrogens (tertiary/aromatic N) is 1. The summed E-state index contributed by atoms with van der Waals surface area (Å²) in [5.74, 6) is 2.85. The molecule has 0 aliphatic heterocycles. The molecule has 0 atom stereocenters. The smallest absolute Gasteiger partial charge is 0.0491 e. The molecule has 0 saturated heterocycles. The van der Waals surface area contributed by atoms with Gasteiger partial charge in [0.1, 0.15) is 0 Å². The van der Waals surface area contributed by atoms with Crippen molar-refractivity contribution >= 4 is 17.1 Å². The van der Waals surface area contributed by atoms with Gasteiger partial charge in [-0.2, -0.15) is 0 Å². The van der Waals surface area contributed by atoms with Crippen molar-refractivity contribution in [1.29, 1.82) is 0 Å². The molecule has 6 aromatic rings. The first-order valence-corrected chi connectivity index (χ1v) is 20.6. The standard InChI is InChI=1S/C53H51N/c1-33-23-38(37-11-7-6-8-12-37)15-22-50(33)54(40-17-20-44-42-13-9-10-14-46(42)51(2,3)48(44)28-40)41-18-21-45-43-19-16-39(27-47(43)52(4,5)49(45)29-41)53-30-34-24-35(31-53)26-36(25-34)32-53/h6-23,27-29,34-36H,24-26,30-32H2,1-5H3. The van der Waals surface area contributed by atoms with E-state index in [1.54, 1.807) is 5.56 Å². The molecule has 12 rings (SSSR count). The maximum Gasteiger partial charge on any atom is 0.0491 e. The van der Waals surface area contributed by atoms with Gasteiger partial charge < -0.3 is 4.90 Å². The summed E-state index contributed by atoms with van der Waals surface area (Å²) in [6.45, 7) is 12.0. The number of fused-ring (bicyclic) bond motifs is 6. The van der Waals surface area contributed by atoms with Crippen LogP contribution in [-0.4, -0.2) is 0 Å². The van der Waals surface area contributed by atoms with Crippen molar-refractivity contribution in [2.45, 2.75) is 89.4 Å². The molecule has 1 heteroatoms. The molecule has 1 nitrogen and oxygen atoms in total. The molecule has 268 valence electrons. The van der Waals surface area contributed by atoms with E-state index in [1.807, 2.05) is 0 Å². The van der Waals surface area contributed by atoms with Gasteiger partial charge >= 0.3 is 0 Å². The molecule has 4 fully saturated rings. The zero-order chi connectivity index (χ0) is 36.6. The first-order chi connectivity index (χ1) is 26.1. The molecular formula is C53H51N. The first-order valence-electron chi connectivity index (χ1n) is 20.6. The van der Waals surface area contributed by atoms with E-state index >= 15 is 0 Å². The van der Waals surface area contributed by atoms with Crippen molar-refractivity contribution in [1.82, 2.24) is 0 Å². The Morgan fingerprint density at radius 3 is 1.59 bits per heavy atom. The van der Waals surface area contributed by atoms with Crippen LogP contribution in [0.5, 0.6) is 0 Å². The number of hydrogen-bond acceptors (Lipinski definition) is 1. The maximum absolute atomic E-state index is 2.67. The maximum atomic E-state index is 2.67. The second kappa shape index (κ2) is 11.3. The van der Waals surface area contributed by atoms with Gasteiger partial charge in [-0.3, -0.25) is 0 Å². The van der Waals surface area contributed by atoms with Crippen molar-refractivity contribution in [3.05, 3.63) is 161 Å². The minimum atomic E-state index is -0.0849. The highest BCUT2D eigenvalue weighted by Crippen LogP contribution is 2.62. The molecule has 0 amide bonds. The molecular weight excluding hydrogens is 651 g/mol. The van der Waals surface area contributed by atoms with Crippen LogP contribution in [0.25, 0.3) is 33.4 Å². The topological polar surface area (TPSA) is 3.24 Å². The number of anilines is 3. The predicted molar refractivity (Wildman–Crippen MR) is 226 cm³/mol. The Morgan fingerprint density at radius 2 is 0.981 bits per heavy atom. The van der Waals surface area contributed by atoms with Crippen LogP contribution in [0.1, 0.15) is 99.6 Å². The first kappa shape index (κ1) is 32.5. The molecule has 0 unspecified atom stereocenters. The Bertz CT molecular complexity index is 2460. The summed E-state index contributed by atoms with van der Waals surface area (Å²) < 4.78 is 0. The van der Waals surface area contributed by atoms with Crippen molar-refractivity contribution < 1.29 is 0 Å². The van der Waals surface area contributed by atoms with Crippen LogP contribution in [0.15, 0.2) is 127 Å². The summed E-state index contributed by atoms with van der Waals surface area (Å²) in [5.41, 5.74) is 20.6. The van der Waals surface area contributed by atoms with E-state index in [9.17, 15) is 0 Å². The summed E-state index contributed by atoms with van der Waals surface area (Å²) in [6.07, 6.45) is 8.70. The lowest BCUT2D eigenvalue weighted by molar-refractivity contribution is -0.00522. The minimum absolute atomic E-state index is 0.0736. The lowest BCUT2D eigenvalue weighted by Crippen LogP contribution is -2.48. The molecule has 0 heterocycles. The number of aryl methyl sites for hydroxylation is 1. The van der Waals surface area contributed by atoms with Crippen LogP contribution in [-0.2, 0) is 16.2 Å². The Hall–Kier alpha value is -4.88. The second-order valence-electron chi connectivity index (χ2n) is 18.9. The summed E-state index contributed by atoms with van der Waals surface area (Å²) in [4.78, 5) is 2.53. The van der Waals surface area contributed by atoms with E-state index in [0.717, 1.165) is 17.8 Å². The van der Waals surface area contributed by atoms with Crippen LogP contribution in [0.2, 0.25) is 0 Å². The average Bonchev–Trinajstić information content (AvgIpc) is 3.54. The van der Waals surface area contributed by atoms with Crippen LogP contribution in [0.3, 0.4) is 0 Å². The normalized spacial score (nSPS) is 24.5. The lowest BCUT2D eigenvalue weighted by atomic mass is 9.48. The minimum Gasteiger partial charge on any atom is -0.310 e. The Kier molecular flexibility index (Phi) is 6.83. The molecule has 6 aliphatic carbocycles. The zero-order valence-electron chi connectivity index (χ0n) is 32.5. The number of benzene rings is 6. The van der Waals surface area contributed by atoms with Crippen LogP contribution < -0.4 is 4.90 Å². The molecule has 54 heavy (non-hydrogen) atoms. The fourth-order valence-corrected chi connectivity index (χ4v) is 12.6. The van der Waals surface area contributed by atoms with E-state index in [4.69, 9.17) is 0 Å². The van der Waals surface area contributed by atoms with E-state index in [2.05, 4.69) is 167 Å². The van der Waals surface area contributed by atoms with Crippen molar-refractivity contribution in [3.63, 3.8) is 0 Å². The average molecular weight is 702 g/mol. The third-order valence-corrected chi connectivity index (χ3v) is 14.9. The van der Waals surface area contributed by atoms with Crippen molar-refractivity contribution in [2.75, 3.05) is 4.90 Å². The number of hydrogen-bond donors (Lipinski definition) is 0. The molecule has 6 aromatic carbocycles. The summed E-state index contributed by atoms with van der Waals surface area (Å²) in [7, 11) is 0. The highest BCUT2D eigenvalue weighted by atomic mass is 15.1. The van der Waals surface area contributed by atoms with Crippen molar-refractivity contribution in [3.8, 4) is 33.4 Å². The lowest BCUT2D eigenvalue weighted by Gasteiger charge is -2.57. The molecule has 6 aliphatic rings.